The largest absolute Gasteiger partial charge is 0.548 e. The standard InChI is InChI=1S/C13H8Cl4N2O5/c14-7-5-6(8(15)10(17)9(7)16)12(22)19(11(5)21)3(13(23)24)1-2-4(18)20/h3H,1-2H2,(H2,18,20)(H,23,24)/p-1/t3-/m0/s1. The van der Waals surface area contributed by atoms with Crippen LogP contribution in [0.5, 0.6) is 0 Å². The van der Waals surface area contributed by atoms with Gasteiger partial charge in [0, 0.05) is 6.42 Å². The fraction of sp³-hybridized carbons (Fsp3) is 0.231. The first-order valence-corrected chi connectivity index (χ1v) is 7.83. The molecule has 0 unspecified atom stereocenters. The van der Waals surface area contributed by atoms with Crippen LogP contribution in [-0.2, 0) is 9.59 Å². The minimum atomic E-state index is -1.74. The van der Waals surface area contributed by atoms with Crippen LogP contribution in [0.2, 0.25) is 20.1 Å². The lowest BCUT2D eigenvalue weighted by atomic mass is 10.1. The van der Waals surface area contributed by atoms with Gasteiger partial charge in [-0.25, -0.2) is 0 Å². The Morgan fingerprint density at radius 3 is 1.71 bits per heavy atom. The van der Waals surface area contributed by atoms with Crippen molar-refractivity contribution in [1.82, 2.24) is 4.90 Å². The highest BCUT2D eigenvalue weighted by Crippen LogP contribution is 2.45. The van der Waals surface area contributed by atoms with Crippen LogP contribution in [0.4, 0.5) is 0 Å². The van der Waals surface area contributed by atoms with E-state index in [4.69, 9.17) is 52.1 Å². The van der Waals surface area contributed by atoms with Crippen LogP contribution < -0.4 is 10.8 Å². The zero-order valence-electron chi connectivity index (χ0n) is 11.6. The van der Waals surface area contributed by atoms with E-state index >= 15 is 0 Å². The van der Waals surface area contributed by atoms with E-state index in [1.165, 1.54) is 0 Å². The first kappa shape index (κ1) is 18.8. The Hall–Kier alpha value is -1.54. The highest BCUT2D eigenvalue weighted by molar-refractivity contribution is 6.55. The highest BCUT2D eigenvalue weighted by Gasteiger charge is 2.45. The molecule has 0 aliphatic carbocycles. The van der Waals surface area contributed by atoms with Crippen LogP contribution in [0.3, 0.4) is 0 Å². The van der Waals surface area contributed by atoms with Crippen molar-refractivity contribution in [3.8, 4) is 0 Å². The summed E-state index contributed by atoms with van der Waals surface area (Å²) < 4.78 is 0. The molecule has 24 heavy (non-hydrogen) atoms. The molecule has 0 spiro atoms. The average Bonchev–Trinajstić information content (AvgIpc) is 2.75. The summed E-state index contributed by atoms with van der Waals surface area (Å²) in [5, 5.41) is 10.2. The molecule has 1 aromatic rings. The number of nitrogens with zero attached hydrogens (tertiary/aromatic N) is 1. The summed E-state index contributed by atoms with van der Waals surface area (Å²) in [5.74, 6) is -4.60. The summed E-state index contributed by atoms with van der Waals surface area (Å²) in [7, 11) is 0. The normalized spacial score (nSPS) is 14.8. The fourth-order valence-electron chi connectivity index (χ4n) is 2.28. The van der Waals surface area contributed by atoms with Gasteiger partial charge in [0.1, 0.15) is 0 Å². The van der Waals surface area contributed by atoms with Gasteiger partial charge >= 0.3 is 0 Å². The Morgan fingerprint density at radius 1 is 0.958 bits per heavy atom. The number of rotatable bonds is 5. The average molecular weight is 413 g/mol. The van der Waals surface area contributed by atoms with E-state index in [1.807, 2.05) is 0 Å². The van der Waals surface area contributed by atoms with Crippen LogP contribution in [0.1, 0.15) is 33.6 Å². The number of carboxylic acids is 1. The van der Waals surface area contributed by atoms with Gasteiger partial charge in [-0.15, -0.1) is 0 Å². The lowest BCUT2D eigenvalue weighted by Gasteiger charge is -2.26. The van der Waals surface area contributed by atoms with Gasteiger partial charge in [-0.3, -0.25) is 19.3 Å². The predicted octanol–water partition coefficient (Wildman–Crippen LogP) is 1.28. The number of aliphatic carboxylic acids is 1. The maximum atomic E-state index is 12.5. The number of carbonyl (C=O) groups is 4. The quantitative estimate of drug-likeness (QED) is 0.443. The van der Waals surface area contributed by atoms with E-state index in [2.05, 4.69) is 0 Å². The van der Waals surface area contributed by atoms with E-state index in [9.17, 15) is 24.3 Å². The molecule has 0 radical (unpaired) electrons. The maximum Gasteiger partial charge on any atom is 0.263 e. The molecule has 0 bridgehead atoms. The molecule has 1 aromatic carbocycles. The van der Waals surface area contributed by atoms with Gasteiger partial charge in [0.2, 0.25) is 5.91 Å². The summed E-state index contributed by atoms with van der Waals surface area (Å²) >= 11 is 23.6. The van der Waals surface area contributed by atoms with Gasteiger partial charge in [-0.05, 0) is 6.42 Å². The second-order valence-corrected chi connectivity index (χ2v) is 6.34. The number of fused-ring (bicyclic) bond motifs is 1. The molecular formula is C13H7Cl4N2O5-. The van der Waals surface area contributed by atoms with Gasteiger partial charge in [0.25, 0.3) is 11.8 Å². The summed E-state index contributed by atoms with van der Waals surface area (Å²) in [4.78, 5) is 47.6. The molecular weight excluding hydrogens is 406 g/mol. The molecule has 7 nitrogen and oxygen atoms in total. The molecule has 1 aliphatic heterocycles. The summed E-state index contributed by atoms with van der Waals surface area (Å²) in [6.45, 7) is 0. The number of benzene rings is 1. The zero-order chi connectivity index (χ0) is 18.3. The van der Waals surface area contributed by atoms with Gasteiger partial charge < -0.3 is 15.6 Å². The second kappa shape index (κ2) is 6.76. The minimum Gasteiger partial charge on any atom is -0.548 e. The number of amides is 3. The third kappa shape index (κ3) is 2.93. The van der Waals surface area contributed by atoms with Crippen LogP contribution in [0.15, 0.2) is 0 Å². The summed E-state index contributed by atoms with van der Waals surface area (Å²) in [5.41, 5.74) is 4.25. The molecule has 0 fully saturated rings. The predicted molar refractivity (Wildman–Crippen MR) is 84.2 cm³/mol. The molecule has 11 heteroatoms. The zero-order valence-corrected chi connectivity index (χ0v) is 14.6. The molecule has 0 saturated heterocycles. The van der Waals surface area contributed by atoms with Crippen molar-refractivity contribution >= 4 is 70.1 Å². The van der Waals surface area contributed by atoms with Crippen LogP contribution in [0.25, 0.3) is 0 Å². The molecule has 3 amide bonds. The van der Waals surface area contributed by atoms with E-state index in [1.54, 1.807) is 0 Å². The van der Waals surface area contributed by atoms with Crippen molar-refractivity contribution in [2.24, 2.45) is 5.73 Å². The van der Waals surface area contributed by atoms with E-state index in [-0.39, 0.29) is 37.6 Å². The van der Waals surface area contributed by atoms with Crippen molar-refractivity contribution in [2.75, 3.05) is 0 Å². The molecule has 0 saturated carbocycles. The number of halogens is 4. The lowest BCUT2D eigenvalue weighted by Crippen LogP contribution is -2.51. The molecule has 1 aliphatic rings. The molecule has 1 heterocycles. The number of carbonyl (C=O) groups excluding carboxylic acids is 4. The van der Waals surface area contributed by atoms with Gasteiger partial charge in [0.05, 0.1) is 43.2 Å². The molecule has 1 atom stereocenters. The molecule has 2 rings (SSSR count). The number of nitrogens with two attached hydrogens (primary N) is 1. The van der Waals surface area contributed by atoms with Gasteiger partial charge in [-0.1, -0.05) is 46.4 Å². The number of hydrogen-bond acceptors (Lipinski definition) is 5. The van der Waals surface area contributed by atoms with Crippen LogP contribution in [-0.4, -0.2) is 34.6 Å². The Labute approximate surface area is 155 Å². The molecule has 2 N–H and O–H groups in total. The highest BCUT2D eigenvalue weighted by atomic mass is 35.5. The van der Waals surface area contributed by atoms with Crippen molar-refractivity contribution in [2.45, 2.75) is 18.9 Å². The van der Waals surface area contributed by atoms with E-state index < -0.39 is 36.2 Å². The topological polar surface area (TPSA) is 121 Å². The van der Waals surface area contributed by atoms with E-state index in [0.29, 0.717) is 4.90 Å². The Balaban J connectivity index is 2.57. The van der Waals surface area contributed by atoms with Crippen molar-refractivity contribution in [3.63, 3.8) is 0 Å². The van der Waals surface area contributed by atoms with Crippen LogP contribution >= 0.6 is 46.4 Å². The second-order valence-electron chi connectivity index (χ2n) is 4.83. The fourth-order valence-corrected chi connectivity index (χ4v) is 3.30. The van der Waals surface area contributed by atoms with Gasteiger partial charge in [0.15, 0.2) is 0 Å². The SMILES string of the molecule is NC(=O)CC[C@@H](C(=O)[O-])N1C(=O)c2c(Cl)c(Cl)c(Cl)c(Cl)c2C1=O. The molecule has 128 valence electrons. The first-order chi connectivity index (χ1) is 11.1. The van der Waals surface area contributed by atoms with Crippen molar-refractivity contribution < 1.29 is 24.3 Å². The number of carboxylic acid groups (broad SMARTS) is 1. The van der Waals surface area contributed by atoms with Crippen LogP contribution in [0, 0.1) is 0 Å². The molecule has 0 aromatic heterocycles. The van der Waals surface area contributed by atoms with E-state index in [0.717, 1.165) is 0 Å². The smallest absolute Gasteiger partial charge is 0.263 e. The third-order valence-electron chi connectivity index (χ3n) is 3.38. The van der Waals surface area contributed by atoms with Gasteiger partial charge in [-0.2, -0.15) is 0 Å². The third-order valence-corrected chi connectivity index (χ3v) is 5.18. The van der Waals surface area contributed by atoms with Crippen molar-refractivity contribution in [1.29, 1.82) is 0 Å². The van der Waals surface area contributed by atoms with Crippen molar-refractivity contribution in [3.05, 3.63) is 31.2 Å². The first-order valence-electron chi connectivity index (χ1n) is 6.32. The lowest BCUT2D eigenvalue weighted by molar-refractivity contribution is -0.310. The Kier molecular flexibility index (Phi) is 5.29. The summed E-state index contributed by atoms with van der Waals surface area (Å²) in [6, 6.07) is -1.73. The number of primary amides is 1. The Bertz CT molecular complexity index is 748. The maximum absolute atomic E-state index is 12.5. The minimum absolute atomic E-state index is 0.243. The number of hydrogen-bond donors (Lipinski definition) is 1. The Morgan fingerprint density at radius 2 is 1.38 bits per heavy atom. The summed E-state index contributed by atoms with van der Waals surface area (Å²) in [6.07, 6.45) is -0.797. The monoisotopic (exact) mass is 411 g/mol. The number of imide groups is 1.